The minimum atomic E-state index is -0.844. The van der Waals surface area contributed by atoms with E-state index in [-0.39, 0.29) is 5.78 Å². The number of nitrogens with one attached hydrogen (secondary N) is 2. The summed E-state index contributed by atoms with van der Waals surface area (Å²) in [6, 6.07) is 22.3. The third kappa shape index (κ3) is 11.4. The molecule has 404 valence electrons. The Kier molecular flexibility index (Phi) is 15.9. The number of ether oxygens (including phenoxy) is 4. The van der Waals surface area contributed by atoms with Crippen molar-refractivity contribution in [1.82, 2.24) is 39.4 Å². The minimum Gasteiger partial charge on any atom is -0.443 e. The standard InChI is InChI=1S/C59H72Cl2N8O7/c1-58(2,3)75-56(71)68-47-15-9-37(35-66-21-17-64(18-22-66)25-27-73-7)29-39(47)31-49(68)41-11-13-45(60)43-33-62-53(51(41)43)55(70)54-52-42(12-14-46(61)44(52)34-63-54)50-32-40-30-38(36-67-23-19-65(20-24-67)26-28-74-8)10-16-48(40)69(50)57(72)76-59(4,5)6/h9-16,29-32,53-54,62-63H,17-28,33-36H2,1-8H3. The third-order valence-electron chi connectivity index (χ3n) is 15.1. The summed E-state index contributed by atoms with van der Waals surface area (Å²) in [5, 5.41) is 9.85. The molecule has 4 aliphatic rings. The summed E-state index contributed by atoms with van der Waals surface area (Å²) in [5.74, 6) is -0.154. The predicted octanol–water partition coefficient (Wildman–Crippen LogP) is 9.89. The summed E-state index contributed by atoms with van der Waals surface area (Å²) in [7, 11) is 3.48. The van der Waals surface area contributed by atoms with E-state index in [1.807, 2.05) is 90.1 Å². The van der Waals surface area contributed by atoms with Crippen LogP contribution in [0.2, 0.25) is 10.0 Å². The maximum atomic E-state index is 15.7. The van der Waals surface area contributed by atoms with Gasteiger partial charge in [-0.1, -0.05) is 47.5 Å². The van der Waals surface area contributed by atoms with Gasteiger partial charge in [0.1, 0.15) is 11.2 Å². The van der Waals surface area contributed by atoms with Gasteiger partial charge in [0.05, 0.1) is 47.7 Å². The molecule has 0 spiro atoms. The molecule has 0 aliphatic carbocycles. The van der Waals surface area contributed by atoms with E-state index in [4.69, 9.17) is 42.1 Å². The Labute approximate surface area is 456 Å². The number of carbonyl (C=O) groups excluding carboxylic acids is 3. The maximum Gasteiger partial charge on any atom is 0.419 e. The lowest BCUT2D eigenvalue weighted by atomic mass is 9.87. The number of rotatable bonds is 14. The highest BCUT2D eigenvalue weighted by Crippen LogP contribution is 2.47. The first kappa shape index (κ1) is 54.2. The van der Waals surface area contributed by atoms with E-state index >= 15 is 4.79 Å². The van der Waals surface area contributed by atoms with Crippen molar-refractivity contribution in [3.8, 4) is 22.5 Å². The van der Waals surface area contributed by atoms with Crippen LogP contribution >= 0.6 is 23.2 Å². The quantitative estimate of drug-likeness (QED) is 0.107. The average Bonchev–Trinajstić information content (AvgIpc) is 4.25. The number of piperazine rings is 2. The summed E-state index contributed by atoms with van der Waals surface area (Å²) in [6.45, 7) is 24.3. The largest absolute Gasteiger partial charge is 0.443 e. The lowest BCUT2D eigenvalue weighted by molar-refractivity contribution is -0.123. The number of ketones is 1. The fraction of sp³-hybridized carbons (Fsp3) is 0.475. The molecule has 2 aromatic heterocycles. The first-order valence-corrected chi connectivity index (χ1v) is 27.4. The van der Waals surface area contributed by atoms with Crippen molar-refractivity contribution in [2.45, 2.75) is 91.0 Å². The van der Waals surface area contributed by atoms with Gasteiger partial charge in [-0.3, -0.25) is 35.0 Å². The fourth-order valence-corrected chi connectivity index (χ4v) is 11.9. The van der Waals surface area contributed by atoms with Crippen LogP contribution in [-0.4, -0.2) is 151 Å². The Morgan fingerprint density at radius 3 is 1.29 bits per heavy atom. The Balaban J connectivity index is 1.01. The Bertz CT molecular complexity index is 2950. The van der Waals surface area contributed by atoms with E-state index < -0.39 is 35.5 Å². The van der Waals surface area contributed by atoms with Crippen LogP contribution in [0.15, 0.2) is 72.8 Å². The van der Waals surface area contributed by atoms with Gasteiger partial charge in [0.25, 0.3) is 0 Å². The molecule has 15 nitrogen and oxygen atoms in total. The first-order valence-electron chi connectivity index (χ1n) is 26.6. The van der Waals surface area contributed by atoms with E-state index in [2.05, 4.69) is 54.5 Å². The topological polar surface area (TPSA) is 135 Å². The van der Waals surface area contributed by atoms with Crippen LogP contribution in [0.1, 0.15) is 87.0 Å². The molecule has 2 fully saturated rings. The van der Waals surface area contributed by atoms with Crippen molar-refractivity contribution in [1.29, 1.82) is 0 Å². The molecule has 6 heterocycles. The first-order chi connectivity index (χ1) is 36.4. The number of fused-ring (bicyclic) bond motifs is 4. The lowest BCUT2D eigenvalue weighted by Crippen LogP contribution is -2.46. The van der Waals surface area contributed by atoms with Crippen LogP contribution in [-0.2, 0) is 49.9 Å². The number of halogens is 2. The summed E-state index contributed by atoms with van der Waals surface area (Å²) >= 11 is 14.1. The molecule has 17 heteroatoms. The Hall–Kier alpha value is -5.17. The van der Waals surface area contributed by atoms with Gasteiger partial charge in [-0.25, -0.2) is 18.7 Å². The molecule has 0 bridgehead atoms. The molecular formula is C59H72Cl2N8O7. The molecule has 2 N–H and O–H groups in total. The van der Waals surface area contributed by atoms with Crippen LogP contribution in [0, 0.1) is 0 Å². The highest BCUT2D eigenvalue weighted by Gasteiger charge is 2.42. The molecule has 0 amide bonds. The van der Waals surface area contributed by atoms with Crippen molar-refractivity contribution in [2.24, 2.45) is 0 Å². The molecule has 10 rings (SSSR count). The molecular weight excluding hydrogens is 1000 g/mol. The molecule has 2 atom stereocenters. The second kappa shape index (κ2) is 22.3. The average molecular weight is 1080 g/mol. The summed E-state index contributed by atoms with van der Waals surface area (Å²) in [4.78, 5) is 54.4. The van der Waals surface area contributed by atoms with Crippen LogP contribution in [0.25, 0.3) is 44.3 Å². The van der Waals surface area contributed by atoms with E-state index in [0.717, 1.165) is 125 Å². The van der Waals surface area contributed by atoms with Crippen molar-refractivity contribution >= 4 is 63.0 Å². The van der Waals surface area contributed by atoms with Crippen molar-refractivity contribution in [3.05, 3.63) is 116 Å². The van der Waals surface area contributed by atoms with Crippen LogP contribution in [0.5, 0.6) is 0 Å². The van der Waals surface area contributed by atoms with Gasteiger partial charge in [-0.2, -0.15) is 0 Å². The molecule has 6 aromatic rings. The van der Waals surface area contributed by atoms with Gasteiger partial charge in [-0.15, -0.1) is 0 Å². The molecule has 4 aromatic carbocycles. The number of nitrogens with zero attached hydrogens (tertiary/aromatic N) is 6. The van der Waals surface area contributed by atoms with Crippen LogP contribution in [0.3, 0.4) is 0 Å². The highest BCUT2D eigenvalue weighted by atomic mass is 35.5. The number of aromatic nitrogens is 2. The second-order valence-electron chi connectivity index (χ2n) is 22.7. The predicted molar refractivity (Wildman–Crippen MR) is 299 cm³/mol. The zero-order valence-corrected chi connectivity index (χ0v) is 46.7. The van der Waals surface area contributed by atoms with E-state index in [1.165, 1.54) is 0 Å². The molecule has 0 radical (unpaired) electrons. The molecule has 2 unspecified atom stereocenters. The zero-order valence-electron chi connectivity index (χ0n) is 45.2. The number of hydrogen-bond donors (Lipinski definition) is 2. The molecule has 0 saturated carbocycles. The third-order valence-corrected chi connectivity index (χ3v) is 15.8. The number of Topliss-reactive ketones (excluding diaryl/α,β-unsaturated/α-hetero) is 1. The van der Waals surface area contributed by atoms with Crippen LogP contribution in [0.4, 0.5) is 9.59 Å². The maximum absolute atomic E-state index is 15.7. The molecule has 76 heavy (non-hydrogen) atoms. The van der Waals surface area contributed by atoms with Crippen molar-refractivity contribution in [3.63, 3.8) is 0 Å². The number of carbonyl (C=O) groups is 3. The Morgan fingerprint density at radius 2 is 0.921 bits per heavy atom. The number of hydrogen-bond acceptors (Lipinski definition) is 13. The normalized spacial score (nSPS) is 18.9. The van der Waals surface area contributed by atoms with Gasteiger partial charge < -0.3 is 18.9 Å². The minimum absolute atomic E-state index is 0.154. The van der Waals surface area contributed by atoms with Gasteiger partial charge in [0.15, 0.2) is 5.78 Å². The van der Waals surface area contributed by atoms with Gasteiger partial charge in [0.2, 0.25) is 0 Å². The van der Waals surface area contributed by atoms with Gasteiger partial charge in [0, 0.05) is 138 Å². The van der Waals surface area contributed by atoms with E-state index in [9.17, 15) is 9.59 Å². The fourth-order valence-electron chi connectivity index (χ4n) is 11.4. The number of methoxy groups -OCH3 is 2. The van der Waals surface area contributed by atoms with Crippen LogP contribution < -0.4 is 10.6 Å². The summed E-state index contributed by atoms with van der Waals surface area (Å²) in [6.07, 6.45) is -1.05. The van der Waals surface area contributed by atoms with Gasteiger partial charge >= 0.3 is 12.2 Å². The lowest BCUT2D eigenvalue weighted by Gasteiger charge is -2.34. The van der Waals surface area contributed by atoms with E-state index in [1.54, 1.807) is 23.4 Å². The zero-order chi connectivity index (χ0) is 53.6. The SMILES string of the molecule is COCCN1CCN(Cc2ccc3c(c2)cc(-c2ccc(Cl)c4c2C(C(=O)C2NCc5c(Cl)ccc(-c6cc7cc(CN8CCN(CCOC)CC8)ccc7n6C(=O)OC(C)(C)C)c52)NC4)n3C(=O)OC(C)(C)C)CC1. The molecule has 2 saturated heterocycles. The Morgan fingerprint density at radius 1 is 0.539 bits per heavy atom. The highest BCUT2D eigenvalue weighted by molar-refractivity contribution is 6.32. The smallest absolute Gasteiger partial charge is 0.419 e. The van der Waals surface area contributed by atoms with E-state index in [0.29, 0.717) is 67.8 Å². The molecule has 4 aliphatic heterocycles. The summed E-state index contributed by atoms with van der Waals surface area (Å²) < 4.78 is 26.1. The monoisotopic (exact) mass is 1070 g/mol. The number of benzene rings is 4. The van der Waals surface area contributed by atoms with Gasteiger partial charge in [-0.05, 0) is 123 Å². The summed E-state index contributed by atoms with van der Waals surface area (Å²) in [5.41, 5.74) is 7.63. The van der Waals surface area contributed by atoms with Crippen molar-refractivity contribution in [2.75, 3.05) is 92.9 Å². The second-order valence-corrected chi connectivity index (χ2v) is 23.5. The van der Waals surface area contributed by atoms with Crippen molar-refractivity contribution < 1.29 is 33.3 Å².